The molecule has 1 aromatic heterocycles. The number of carboxylic acids is 1. The van der Waals surface area contributed by atoms with E-state index in [0.29, 0.717) is 0 Å². The van der Waals surface area contributed by atoms with Crippen molar-refractivity contribution in [2.24, 2.45) is 0 Å². The molecule has 0 aliphatic carbocycles. The van der Waals surface area contributed by atoms with Crippen molar-refractivity contribution in [1.29, 1.82) is 0 Å². The van der Waals surface area contributed by atoms with Gasteiger partial charge in [0.2, 0.25) is 0 Å². The number of halogens is 3. The van der Waals surface area contributed by atoms with Crippen molar-refractivity contribution in [2.45, 2.75) is 12.6 Å². The maximum absolute atomic E-state index is 12.4. The third kappa shape index (κ3) is 2.55. The molecule has 18 heavy (non-hydrogen) atoms. The number of aliphatic carboxylic acids is 1. The molecule has 1 N–H and O–H groups in total. The molecule has 0 bridgehead atoms. The van der Waals surface area contributed by atoms with E-state index in [9.17, 15) is 18.0 Å². The number of hydrogen-bond donors (Lipinski definition) is 1. The number of hydrogen-bond acceptors (Lipinski definition) is 3. The van der Waals surface area contributed by atoms with Crippen LogP contribution in [0.15, 0.2) is 24.4 Å². The second kappa shape index (κ2) is 4.25. The normalized spacial score (nSPS) is 11.7. The summed E-state index contributed by atoms with van der Waals surface area (Å²) in [7, 11) is 0. The van der Waals surface area contributed by atoms with Gasteiger partial charge in [0.15, 0.2) is 0 Å². The van der Waals surface area contributed by atoms with E-state index in [1.807, 2.05) is 0 Å². The maximum Gasteiger partial charge on any atom is 0.416 e. The second-order valence-corrected chi connectivity index (χ2v) is 3.63. The molecule has 0 saturated heterocycles. The number of alkyl halides is 3. The highest BCUT2D eigenvalue weighted by Gasteiger charge is 2.30. The highest BCUT2D eigenvalue weighted by atomic mass is 19.4. The standard InChI is InChI=1S/C11H7F3N2O2/c12-11(13,14)7-1-2-8-6(3-7)5-15-9(16-8)4-10(17)18/h1-3,5H,4H2,(H,17,18). The predicted molar refractivity (Wildman–Crippen MR) is 55.9 cm³/mol. The average Bonchev–Trinajstić information content (AvgIpc) is 2.26. The Morgan fingerprint density at radius 3 is 2.67 bits per heavy atom. The minimum Gasteiger partial charge on any atom is -0.481 e. The molecular formula is C11H7F3N2O2. The van der Waals surface area contributed by atoms with E-state index in [0.717, 1.165) is 12.1 Å². The lowest BCUT2D eigenvalue weighted by atomic mass is 10.1. The molecule has 7 heteroatoms. The summed E-state index contributed by atoms with van der Waals surface area (Å²) in [4.78, 5) is 18.1. The number of fused-ring (bicyclic) bond motifs is 1. The van der Waals surface area contributed by atoms with Crippen molar-refractivity contribution in [3.05, 3.63) is 35.8 Å². The topological polar surface area (TPSA) is 63.1 Å². The first-order valence-corrected chi connectivity index (χ1v) is 4.91. The summed E-state index contributed by atoms with van der Waals surface area (Å²) < 4.78 is 37.3. The van der Waals surface area contributed by atoms with Gasteiger partial charge in [0.25, 0.3) is 0 Å². The van der Waals surface area contributed by atoms with Crippen LogP contribution in [0.1, 0.15) is 11.4 Å². The van der Waals surface area contributed by atoms with Gasteiger partial charge in [0, 0.05) is 11.6 Å². The molecule has 4 nitrogen and oxygen atoms in total. The van der Waals surface area contributed by atoms with Crippen LogP contribution in [0.3, 0.4) is 0 Å². The summed E-state index contributed by atoms with van der Waals surface area (Å²) in [5.41, 5.74) is -0.501. The largest absolute Gasteiger partial charge is 0.481 e. The van der Waals surface area contributed by atoms with Crippen molar-refractivity contribution in [1.82, 2.24) is 9.97 Å². The molecule has 0 radical (unpaired) electrons. The Morgan fingerprint density at radius 1 is 1.33 bits per heavy atom. The van der Waals surface area contributed by atoms with Gasteiger partial charge in [-0.3, -0.25) is 4.79 Å². The van der Waals surface area contributed by atoms with Crippen molar-refractivity contribution >= 4 is 16.9 Å². The summed E-state index contributed by atoms with van der Waals surface area (Å²) in [5, 5.41) is 8.78. The van der Waals surface area contributed by atoms with Crippen molar-refractivity contribution < 1.29 is 23.1 Å². The Labute approximate surface area is 99.1 Å². The summed E-state index contributed by atoms with van der Waals surface area (Å²) in [5.74, 6) is -1.03. The van der Waals surface area contributed by atoms with E-state index in [2.05, 4.69) is 9.97 Å². The van der Waals surface area contributed by atoms with Crippen LogP contribution in [-0.2, 0) is 17.4 Å². The number of carbonyl (C=O) groups is 1. The van der Waals surface area contributed by atoms with E-state index in [-0.39, 0.29) is 23.1 Å². The van der Waals surface area contributed by atoms with E-state index in [1.165, 1.54) is 12.3 Å². The van der Waals surface area contributed by atoms with Gasteiger partial charge in [-0.1, -0.05) is 0 Å². The molecule has 2 rings (SSSR count). The number of carboxylic acid groups (broad SMARTS) is 1. The number of benzene rings is 1. The van der Waals surface area contributed by atoms with Crippen LogP contribution in [0.25, 0.3) is 10.9 Å². The van der Waals surface area contributed by atoms with E-state index >= 15 is 0 Å². The highest BCUT2D eigenvalue weighted by molar-refractivity contribution is 5.79. The van der Waals surface area contributed by atoms with E-state index in [1.54, 1.807) is 0 Å². The van der Waals surface area contributed by atoms with Crippen LogP contribution in [0.5, 0.6) is 0 Å². The SMILES string of the molecule is O=C(O)Cc1ncc2cc(C(F)(F)F)ccc2n1. The minimum atomic E-state index is -4.42. The van der Waals surface area contributed by atoms with Crippen LogP contribution < -0.4 is 0 Å². The fraction of sp³-hybridized carbons (Fsp3) is 0.182. The molecule has 0 fully saturated rings. The number of rotatable bonds is 2. The summed E-state index contributed by atoms with van der Waals surface area (Å²) >= 11 is 0. The Kier molecular flexibility index (Phi) is 2.90. The summed E-state index contributed by atoms with van der Waals surface area (Å²) in [6.45, 7) is 0. The molecular weight excluding hydrogens is 249 g/mol. The van der Waals surface area contributed by atoms with Gasteiger partial charge in [-0.2, -0.15) is 13.2 Å². The van der Waals surface area contributed by atoms with Crippen LogP contribution >= 0.6 is 0 Å². The molecule has 0 unspecified atom stereocenters. The molecule has 0 atom stereocenters. The lowest BCUT2D eigenvalue weighted by Gasteiger charge is -2.07. The average molecular weight is 256 g/mol. The van der Waals surface area contributed by atoms with Gasteiger partial charge >= 0.3 is 12.1 Å². The summed E-state index contributed by atoms with van der Waals surface area (Å²) in [6, 6.07) is 3.03. The molecule has 0 saturated carbocycles. The third-order valence-corrected chi connectivity index (χ3v) is 2.27. The van der Waals surface area contributed by atoms with E-state index in [4.69, 9.17) is 5.11 Å². The van der Waals surface area contributed by atoms with Crippen LogP contribution in [0.2, 0.25) is 0 Å². The van der Waals surface area contributed by atoms with Gasteiger partial charge in [-0.25, -0.2) is 9.97 Å². The monoisotopic (exact) mass is 256 g/mol. The van der Waals surface area contributed by atoms with Gasteiger partial charge in [-0.05, 0) is 18.2 Å². The zero-order valence-electron chi connectivity index (χ0n) is 8.90. The third-order valence-electron chi connectivity index (χ3n) is 2.27. The summed E-state index contributed by atoms with van der Waals surface area (Å²) in [6.07, 6.45) is -3.60. The van der Waals surface area contributed by atoms with Crippen molar-refractivity contribution in [3.63, 3.8) is 0 Å². The zero-order chi connectivity index (χ0) is 13.3. The Bertz CT molecular complexity index is 611. The zero-order valence-corrected chi connectivity index (χ0v) is 8.90. The second-order valence-electron chi connectivity index (χ2n) is 3.63. The lowest BCUT2D eigenvalue weighted by molar-refractivity contribution is -0.138. The first kappa shape index (κ1) is 12.3. The molecule has 1 aromatic carbocycles. The Hall–Kier alpha value is -2.18. The Balaban J connectivity index is 2.45. The highest BCUT2D eigenvalue weighted by Crippen LogP contribution is 2.30. The van der Waals surface area contributed by atoms with Gasteiger partial charge in [0.1, 0.15) is 12.2 Å². The first-order chi connectivity index (χ1) is 8.36. The van der Waals surface area contributed by atoms with Crippen molar-refractivity contribution in [2.75, 3.05) is 0 Å². The quantitative estimate of drug-likeness (QED) is 0.895. The van der Waals surface area contributed by atoms with E-state index < -0.39 is 17.7 Å². The molecule has 1 heterocycles. The first-order valence-electron chi connectivity index (χ1n) is 4.91. The van der Waals surface area contributed by atoms with Gasteiger partial charge in [0.05, 0.1) is 11.1 Å². The van der Waals surface area contributed by atoms with Gasteiger partial charge < -0.3 is 5.11 Å². The van der Waals surface area contributed by atoms with Crippen LogP contribution in [0.4, 0.5) is 13.2 Å². The number of aromatic nitrogens is 2. The van der Waals surface area contributed by atoms with Crippen molar-refractivity contribution in [3.8, 4) is 0 Å². The van der Waals surface area contributed by atoms with Crippen LogP contribution in [-0.4, -0.2) is 21.0 Å². The molecule has 94 valence electrons. The fourth-order valence-corrected chi connectivity index (χ4v) is 1.47. The van der Waals surface area contributed by atoms with Crippen LogP contribution in [0, 0.1) is 0 Å². The smallest absolute Gasteiger partial charge is 0.416 e. The molecule has 2 aromatic rings. The Morgan fingerprint density at radius 2 is 2.06 bits per heavy atom. The molecule has 0 amide bonds. The number of nitrogens with zero attached hydrogens (tertiary/aromatic N) is 2. The van der Waals surface area contributed by atoms with Gasteiger partial charge in [-0.15, -0.1) is 0 Å². The fourth-order valence-electron chi connectivity index (χ4n) is 1.47. The maximum atomic E-state index is 12.4. The molecule has 0 aliphatic rings. The molecule has 0 spiro atoms. The lowest BCUT2D eigenvalue weighted by Crippen LogP contribution is -2.06. The minimum absolute atomic E-state index is 0.0646. The predicted octanol–water partition coefficient (Wildman–Crippen LogP) is 2.28. The molecule has 0 aliphatic heterocycles.